The van der Waals surface area contributed by atoms with Crippen LogP contribution in [0.2, 0.25) is 5.02 Å². The molecule has 1 saturated heterocycles. The number of nitrogens with zero attached hydrogens (tertiary/aromatic N) is 2. The first-order valence-electron chi connectivity index (χ1n) is 9.90. The zero-order valence-corrected chi connectivity index (χ0v) is 18.5. The highest BCUT2D eigenvalue weighted by Crippen LogP contribution is 2.47. The molecule has 0 aliphatic carbocycles. The van der Waals surface area contributed by atoms with E-state index in [1.54, 1.807) is 11.0 Å². The Balaban J connectivity index is 0.000000213. The summed E-state index contributed by atoms with van der Waals surface area (Å²) >= 11 is 5.34. The van der Waals surface area contributed by atoms with Gasteiger partial charge in [0, 0.05) is 18.8 Å². The summed E-state index contributed by atoms with van der Waals surface area (Å²) in [4.78, 5) is 16.4. The van der Waals surface area contributed by atoms with Gasteiger partial charge in [-0.3, -0.25) is 4.79 Å². The molecule has 2 aromatic rings. The van der Waals surface area contributed by atoms with Crippen molar-refractivity contribution in [2.45, 2.75) is 44.9 Å². The number of carbonyl (C=O) groups is 1. The van der Waals surface area contributed by atoms with E-state index in [0.29, 0.717) is 17.2 Å². The quantitative estimate of drug-likeness (QED) is 0.307. The van der Waals surface area contributed by atoms with Crippen molar-refractivity contribution in [2.24, 2.45) is 0 Å². The first-order valence-corrected chi connectivity index (χ1v) is 10.3. The molecule has 2 atom stereocenters. The zero-order chi connectivity index (χ0) is 24.2. The second-order valence-electron chi connectivity index (χ2n) is 6.81. The molecule has 0 radical (unpaired) electrons. The molecule has 0 saturated carbocycles. The number of anilines is 1. The van der Waals surface area contributed by atoms with Gasteiger partial charge in [0.25, 0.3) is 0 Å². The summed E-state index contributed by atoms with van der Waals surface area (Å²) in [6.45, 7) is 7.91. The molecule has 2 aliphatic rings. The highest BCUT2D eigenvalue weighted by atomic mass is 35.5. The summed E-state index contributed by atoms with van der Waals surface area (Å²) in [6, 6.07) is 3.01. The van der Waals surface area contributed by atoms with E-state index in [9.17, 15) is 26.7 Å². The molecular formula is C22H23ClF5N3O. The van der Waals surface area contributed by atoms with E-state index in [1.807, 2.05) is 13.8 Å². The molecule has 32 heavy (non-hydrogen) atoms. The van der Waals surface area contributed by atoms with Gasteiger partial charge < -0.3 is 10.2 Å². The van der Waals surface area contributed by atoms with E-state index in [4.69, 9.17) is 11.6 Å². The second kappa shape index (κ2) is 10.3. The van der Waals surface area contributed by atoms with Crippen LogP contribution in [0.4, 0.5) is 27.6 Å². The fraction of sp³-hybridized carbons (Fsp3) is 0.364. The van der Waals surface area contributed by atoms with Crippen molar-refractivity contribution >= 4 is 29.3 Å². The summed E-state index contributed by atoms with van der Waals surface area (Å²) in [6.07, 6.45) is -0.614. The van der Waals surface area contributed by atoms with Gasteiger partial charge in [0.2, 0.25) is 12.4 Å². The van der Waals surface area contributed by atoms with Crippen molar-refractivity contribution in [1.29, 1.82) is 0 Å². The SMILES string of the molecule is C=C1c2c(ccnc2F)C2CCC1N2C=O.CC.CNc1cc(Cl)c(C(F)(F)F)cc1F. The first-order chi connectivity index (χ1) is 15.1. The molecule has 1 amide bonds. The predicted molar refractivity (Wildman–Crippen MR) is 114 cm³/mol. The Morgan fingerprint density at radius 3 is 2.41 bits per heavy atom. The number of pyridine rings is 1. The lowest BCUT2D eigenvalue weighted by atomic mass is 9.91. The van der Waals surface area contributed by atoms with Gasteiger partial charge in [-0.25, -0.2) is 9.37 Å². The van der Waals surface area contributed by atoms with Gasteiger partial charge in [-0.2, -0.15) is 17.6 Å². The Morgan fingerprint density at radius 2 is 1.84 bits per heavy atom. The number of halogens is 6. The molecule has 4 rings (SSSR count). The number of rotatable bonds is 2. The van der Waals surface area contributed by atoms with Gasteiger partial charge in [-0.1, -0.05) is 32.0 Å². The maximum atomic E-state index is 13.6. The predicted octanol–water partition coefficient (Wildman–Crippen LogP) is 6.48. The van der Waals surface area contributed by atoms with Gasteiger partial charge in [0.05, 0.1) is 28.4 Å². The smallest absolute Gasteiger partial charge is 0.386 e. The van der Waals surface area contributed by atoms with E-state index >= 15 is 0 Å². The van der Waals surface area contributed by atoms with Crippen LogP contribution in [0.5, 0.6) is 0 Å². The third kappa shape index (κ3) is 4.87. The molecule has 1 aromatic carbocycles. The van der Waals surface area contributed by atoms with Crippen molar-refractivity contribution in [3.8, 4) is 0 Å². The average Bonchev–Trinajstić information content (AvgIpc) is 3.13. The lowest BCUT2D eigenvalue weighted by molar-refractivity contribution is -0.137. The molecule has 10 heteroatoms. The maximum Gasteiger partial charge on any atom is 0.417 e. The molecule has 174 valence electrons. The normalized spacial score (nSPS) is 18.7. The number of nitrogens with one attached hydrogen (secondary N) is 1. The average molecular weight is 476 g/mol. The Kier molecular flexibility index (Phi) is 8.23. The molecule has 1 N–H and O–H groups in total. The van der Waals surface area contributed by atoms with Crippen LogP contribution in [0.3, 0.4) is 0 Å². The van der Waals surface area contributed by atoms with Crippen LogP contribution in [0.25, 0.3) is 5.57 Å². The van der Waals surface area contributed by atoms with Crippen LogP contribution in [0, 0.1) is 11.8 Å². The fourth-order valence-corrected chi connectivity index (χ4v) is 4.09. The number of benzene rings is 1. The summed E-state index contributed by atoms with van der Waals surface area (Å²) in [7, 11) is 1.39. The summed E-state index contributed by atoms with van der Waals surface area (Å²) in [5.74, 6) is -1.45. The Bertz CT molecular complexity index is 996. The monoisotopic (exact) mass is 475 g/mol. The van der Waals surface area contributed by atoms with Crippen molar-refractivity contribution in [3.05, 3.63) is 64.5 Å². The van der Waals surface area contributed by atoms with Gasteiger partial charge in [0.15, 0.2) is 0 Å². The molecule has 4 nitrogen and oxygen atoms in total. The number of carbonyl (C=O) groups excluding carboxylic acids is 1. The van der Waals surface area contributed by atoms with Crippen LogP contribution in [0.1, 0.15) is 49.4 Å². The number of hydrogen-bond donors (Lipinski definition) is 1. The Morgan fingerprint density at radius 1 is 1.22 bits per heavy atom. The van der Waals surface area contributed by atoms with E-state index in [2.05, 4.69) is 16.9 Å². The molecule has 1 fully saturated rings. The molecular weight excluding hydrogens is 453 g/mol. The van der Waals surface area contributed by atoms with Crippen LogP contribution >= 0.6 is 11.6 Å². The molecule has 0 spiro atoms. The maximum absolute atomic E-state index is 13.6. The summed E-state index contributed by atoms with van der Waals surface area (Å²) < 4.78 is 63.2. The summed E-state index contributed by atoms with van der Waals surface area (Å²) in [5, 5.41) is 1.86. The molecule has 1 aromatic heterocycles. The molecule has 2 aliphatic heterocycles. The van der Waals surface area contributed by atoms with E-state index in [-0.39, 0.29) is 17.8 Å². The number of fused-ring (bicyclic) bond motifs is 4. The van der Waals surface area contributed by atoms with Crippen LogP contribution in [-0.2, 0) is 11.0 Å². The van der Waals surface area contributed by atoms with Crippen molar-refractivity contribution in [2.75, 3.05) is 12.4 Å². The molecule has 2 bridgehead atoms. The van der Waals surface area contributed by atoms with Gasteiger partial charge in [-0.15, -0.1) is 0 Å². The Hall–Kier alpha value is -2.68. The number of aromatic nitrogens is 1. The van der Waals surface area contributed by atoms with Crippen molar-refractivity contribution in [3.63, 3.8) is 0 Å². The highest BCUT2D eigenvalue weighted by molar-refractivity contribution is 6.31. The van der Waals surface area contributed by atoms with Crippen LogP contribution in [0.15, 0.2) is 31.0 Å². The minimum atomic E-state index is -4.63. The standard InChI is InChI=1S/C12H11FN2O.C8H6ClF4N.C2H6/c1-7-9-2-3-10(15(9)6-16)8-4-5-14-12(13)11(7)8;1-14-7-3-5(9)4(2-6(7)10)8(11,12)13;1-2/h4-6,9-10H,1-3H2;2-3,14H,1H3;1-2H3. The van der Waals surface area contributed by atoms with Gasteiger partial charge in [-0.05, 0) is 42.2 Å². The van der Waals surface area contributed by atoms with Crippen molar-refractivity contribution in [1.82, 2.24) is 9.88 Å². The van der Waals surface area contributed by atoms with Gasteiger partial charge >= 0.3 is 6.18 Å². The Labute approximate surface area is 188 Å². The van der Waals surface area contributed by atoms with Crippen LogP contribution in [-0.4, -0.2) is 29.4 Å². The minimum absolute atomic E-state index is 0.000463. The lowest BCUT2D eigenvalue weighted by Crippen LogP contribution is -2.35. The number of hydrogen-bond acceptors (Lipinski definition) is 3. The topological polar surface area (TPSA) is 45.2 Å². The minimum Gasteiger partial charge on any atom is -0.386 e. The zero-order valence-electron chi connectivity index (χ0n) is 17.7. The van der Waals surface area contributed by atoms with E-state index in [1.165, 1.54) is 13.2 Å². The van der Waals surface area contributed by atoms with Crippen LogP contribution < -0.4 is 5.32 Å². The molecule has 3 heterocycles. The molecule has 2 unspecified atom stereocenters. The largest absolute Gasteiger partial charge is 0.417 e. The van der Waals surface area contributed by atoms with Gasteiger partial charge in [0.1, 0.15) is 5.82 Å². The number of amides is 1. The third-order valence-electron chi connectivity index (χ3n) is 5.21. The summed E-state index contributed by atoms with van der Waals surface area (Å²) in [5.41, 5.74) is 0.812. The highest BCUT2D eigenvalue weighted by Gasteiger charge is 2.42. The first kappa shape index (κ1) is 25.6. The second-order valence-corrected chi connectivity index (χ2v) is 7.22. The number of alkyl halides is 3. The van der Waals surface area contributed by atoms with E-state index in [0.717, 1.165) is 30.9 Å². The fourth-order valence-electron chi connectivity index (χ4n) is 3.82. The van der Waals surface area contributed by atoms with Crippen molar-refractivity contribution < 1.29 is 26.7 Å². The lowest BCUT2D eigenvalue weighted by Gasteiger charge is -2.34. The third-order valence-corrected chi connectivity index (χ3v) is 5.52. The van der Waals surface area contributed by atoms with E-state index < -0.39 is 28.5 Å².